The van der Waals surface area contributed by atoms with Crippen LogP contribution in [0, 0.1) is 37.8 Å². The van der Waals surface area contributed by atoms with E-state index in [0.29, 0.717) is 13.1 Å². The molecule has 1 aromatic heterocycles. The van der Waals surface area contributed by atoms with Crippen LogP contribution in [0.5, 0.6) is 0 Å². The van der Waals surface area contributed by atoms with Crippen LogP contribution in [0.15, 0.2) is 66.9 Å². The summed E-state index contributed by atoms with van der Waals surface area (Å²) in [5.41, 5.74) is 7.52. The summed E-state index contributed by atoms with van der Waals surface area (Å²) in [6.45, 7) is 9.87. The summed E-state index contributed by atoms with van der Waals surface area (Å²) in [5, 5.41) is 13.0. The molecule has 0 spiro atoms. The molecular formula is C27H27N3O2. The highest BCUT2D eigenvalue weighted by atomic mass is 16.6. The molecule has 0 saturated heterocycles. The van der Waals surface area contributed by atoms with E-state index in [9.17, 15) is 10.1 Å². The van der Waals surface area contributed by atoms with Crippen molar-refractivity contribution in [3.63, 3.8) is 0 Å². The van der Waals surface area contributed by atoms with Gasteiger partial charge < -0.3 is 4.90 Å². The Morgan fingerprint density at radius 3 is 1.94 bits per heavy atom. The molecule has 0 aliphatic heterocycles. The van der Waals surface area contributed by atoms with E-state index < -0.39 is 0 Å². The normalized spacial score (nSPS) is 11.0. The van der Waals surface area contributed by atoms with Crippen molar-refractivity contribution >= 4 is 22.3 Å². The molecule has 0 aliphatic carbocycles. The summed E-state index contributed by atoms with van der Waals surface area (Å²) >= 11 is 0. The van der Waals surface area contributed by atoms with Crippen LogP contribution in [0.25, 0.3) is 10.8 Å². The lowest BCUT2D eigenvalue weighted by atomic mass is 10.0. The van der Waals surface area contributed by atoms with Gasteiger partial charge in [-0.05, 0) is 67.5 Å². The van der Waals surface area contributed by atoms with Crippen LogP contribution in [0.2, 0.25) is 0 Å². The minimum absolute atomic E-state index is 0.0879. The molecule has 0 aliphatic rings. The molecule has 3 aromatic carbocycles. The quantitative estimate of drug-likeness (QED) is 0.258. The number of hydrogen-bond acceptors (Lipinski definition) is 4. The first-order valence-corrected chi connectivity index (χ1v) is 10.7. The number of hydrogen-bond donors (Lipinski definition) is 0. The van der Waals surface area contributed by atoms with Crippen LogP contribution in [0.4, 0.5) is 11.5 Å². The summed E-state index contributed by atoms with van der Waals surface area (Å²) in [5.74, 6) is 0.831. The predicted octanol–water partition coefficient (Wildman–Crippen LogP) is 6.58. The van der Waals surface area contributed by atoms with Crippen molar-refractivity contribution < 1.29 is 4.92 Å². The molecule has 0 atom stereocenters. The Kier molecular flexibility index (Phi) is 5.91. The number of fused-ring (bicyclic) bond motifs is 1. The second-order valence-corrected chi connectivity index (χ2v) is 8.51. The van der Waals surface area contributed by atoms with Gasteiger partial charge in [-0.3, -0.25) is 10.1 Å². The molecule has 0 amide bonds. The van der Waals surface area contributed by atoms with Gasteiger partial charge in [0.05, 0.1) is 4.92 Å². The number of aryl methyl sites for hydroxylation is 4. The lowest BCUT2D eigenvalue weighted by Crippen LogP contribution is -2.24. The van der Waals surface area contributed by atoms with E-state index in [2.05, 4.69) is 69.0 Å². The second-order valence-electron chi connectivity index (χ2n) is 8.51. The third-order valence-electron chi connectivity index (χ3n) is 5.96. The van der Waals surface area contributed by atoms with Crippen molar-refractivity contribution in [3.05, 3.63) is 110 Å². The van der Waals surface area contributed by atoms with Crippen molar-refractivity contribution in [1.29, 1.82) is 0 Å². The third-order valence-corrected chi connectivity index (χ3v) is 5.96. The topological polar surface area (TPSA) is 59.3 Å². The molecule has 0 unspecified atom stereocenters. The van der Waals surface area contributed by atoms with E-state index >= 15 is 0 Å². The number of nitro benzene ring substituents is 1. The number of non-ortho nitro benzene ring substituents is 1. The first-order valence-electron chi connectivity index (χ1n) is 10.7. The van der Waals surface area contributed by atoms with E-state index in [0.717, 1.165) is 16.6 Å². The molecule has 4 aromatic rings. The zero-order valence-electron chi connectivity index (χ0n) is 18.9. The van der Waals surface area contributed by atoms with Crippen LogP contribution < -0.4 is 4.90 Å². The van der Waals surface area contributed by atoms with Gasteiger partial charge in [0.2, 0.25) is 0 Å². The van der Waals surface area contributed by atoms with E-state index in [1.165, 1.54) is 33.4 Å². The number of anilines is 1. The summed E-state index contributed by atoms with van der Waals surface area (Å²) in [7, 11) is 0. The Bertz CT molecular complexity index is 1260. The second kappa shape index (κ2) is 8.79. The largest absolute Gasteiger partial charge is 0.347 e. The Hall–Kier alpha value is -3.73. The number of pyridine rings is 1. The zero-order chi connectivity index (χ0) is 22.8. The van der Waals surface area contributed by atoms with Gasteiger partial charge in [-0.25, -0.2) is 4.98 Å². The van der Waals surface area contributed by atoms with Gasteiger partial charge >= 0.3 is 0 Å². The van der Waals surface area contributed by atoms with Gasteiger partial charge in [-0.15, -0.1) is 0 Å². The van der Waals surface area contributed by atoms with E-state index in [1.807, 2.05) is 12.1 Å². The average Bonchev–Trinajstić information content (AvgIpc) is 2.75. The number of rotatable bonds is 6. The fraction of sp³-hybridized carbons (Fsp3) is 0.222. The SMILES string of the molecule is Cc1ccc(CN(Cc2ccc(C)cc2C)c2nccc3cc([N+](=O)[O-])ccc23)c(C)c1. The Morgan fingerprint density at radius 2 is 1.41 bits per heavy atom. The molecule has 5 heteroatoms. The maximum atomic E-state index is 11.3. The molecule has 162 valence electrons. The molecule has 0 bridgehead atoms. The number of aromatic nitrogens is 1. The molecule has 0 N–H and O–H groups in total. The van der Waals surface area contributed by atoms with Gasteiger partial charge in [0, 0.05) is 36.8 Å². The minimum atomic E-state index is -0.358. The van der Waals surface area contributed by atoms with E-state index in [4.69, 9.17) is 4.98 Å². The van der Waals surface area contributed by atoms with Gasteiger partial charge in [0.15, 0.2) is 0 Å². The van der Waals surface area contributed by atoms with Crippen molar-refractivity contribution in [2.45, 2.75) is 40.8 Å². The number of nitro groups is 1. The molecule has 1 heterocycles. The van der Waals surface area contributed by atoms with Crippen molar-refractivity contribution in [1.82, 2.24) is 4.98 Å². The first kappa shape index (κ1) is 21.5. The number of benzene rings is 3. The van der Waals surface area contributed by atoms with E-state index in [-0.39, 0.29) is 10.6 Å². The van der Waals surface area contributed by atoms with Crippen molar-refractivity contribution in [2.24, 2.45) is 0 Å². The van der Waals surface area contributed by atoms with Crippen LogP contribution in [-0.4, -0.2) is 9.91 Å². The maximum absolute atomic E-state index is 11.3. The smallest absolute Gasteiger partial charge is 0.270 e. The fourth-order valence-electron chi connectivity index (χ4n) is 4.18. The molecular weight excluding hydrogens is 398 g/mol. The predicted molar refractivity (Wildman–Crippen MR) is 130 cm³/mol. The first-order chi connectivity index (χ1) is 15.3. The highest BCUT2D eigenvalue weighted by molar-refractivity contribution is 5.93. The van der Waals surface area contributed by atoms with Crippen LogP contribution in [-0.2, 0) is 13.1 Å². The van der Waals surface area contributed by atoms with Crippen LogP contribution in [0.3, 0.4) is 0 Å². The molecule has 0 fully saturated rings. The van der Waals surface area contributed by atoms with Gasteiger partial charge in [0.25, 0.3) is 5.69 Å². The highest BCUT2D eigenvalue weighted by Crippen LogP contribution is 2.30. The Morgan fingerprint density at radius 1 is 0.812 bits per heavy atom. The van der Waals surface area contributed by atoms with Gasteiger partial charge in [-0.2, -0.15) is 0 Å². The monoisotopic (exact) mass is 425 g/mol. The number of nitrogens with zero attached hydrogens (tertiary/aromatic N) is 3. The van der Waals surface area contributed by atoms with Gasteiger partial charge in [-0.1, -0.05) is 47.5 Å². The van der Waals surface area contributed by atoms with Crippen LogP contribution in [0.1, 0.15) is 33.4 Å². The summed E-state index contributed by atoms with van der Waals surface area (Å²) < 4.78 is 0. The zero-order valence-corrected chi connectivity index (χ0v) is 18.9. The molecule has 32 heavy (non-hydrogen) atoms. The maximum Gasteiger partial charge on any atom is 0.270 e. The third kappa shape index (κ3) is 4.47. The summed E-state index contributed by atoms with van der Waals surface area (Å²) in [4.78, 5) is 17.9. The van der Waals surface area contributed by atoms with Crippen molar-refractivity contribution in [3.8, 4) is 0 Å². The minimum Gasteiger partial charge on any atom is -0.347 e. The Labute approximate surface area is 188 Å². The standard InChI is InChI=1S/C27H27N3O2/c1-18-5-7-23(20(3)13-18)16-29(17-24-8-6-19(2)14-21(24)4)27-26-10-9-25(30(31)32)15-22(26)11-12-28-27/h5-15H,16-17H2,1-4H3. The molecule has 5 nitrogen and oxygen atoms in total. The van der Waals surface area contributed by atoms with Crippen LogP contribution >= 0.6 is 0 Å². The fourth-order valence-corrected chi connectivity index (χ4v) is 4.18. The average molecular weight is 426 g/mol. The highest BCUT2D eigenvalue weighted by Gasteiger charge is 2.17. The molecule has 0 saturated carbocycles. The molecule has 4 rings (SSSR count). The summed E-state index contributed by atoms with van der Waals surface area (Å²) in [6.07, 6.45) is 1.73. The lowest BCUT2D eigenvalue weighted by molar-refractivity contribution is -0.384. The Balaban J connectivity index is 1.82. The summed E-state index contributed by atoms with van der Waals surface area (Å²) in [6, 6.07) is 19.8. The molecule has 0 radical (unpaired) electrons. The lowest BCUT2D eigenvalue weighted by Gasteiger charge is -2.27. The van der Waals surface area contributed by atoms with E-state index in [1.54, 1.807) is 18.3 Å². The van der Waals surface area contributed by atoms with Crippen molar-refractivity contribution in [2.75, 3.05) is 4.90 Å². The van der Waals surface area contributed by atoms with Gasteiger partial charge in [0.1, 0.15) is 5.82 Å².